The summed E-state index contributed by atoms with van der Waals surface area (Å²) in [7, 11) is 0. The standard InChI is InChI=1S/C17H27NO4S2/c1-7-8-10-12(19)18-11(17(5,6)24-13(10)18)14(20)23-9-22-15(21)16(2,3)4/h10-11,13H,7-9H2,1-6H3/t10-,11+,13-/m1/s1. The van der Waals surface area contributed by atoms with Gasteiger partial charge in [0.05, 0.1) is 16.7 Å². The molecule has 2 rings (SSSR count). The summed E-state index contributed by atoms with van der Waals surface area (Å²) < 4.78 is 4.85. The van der Waals surface area contributed by atoms with E-state index in [-0.39, 0.29) is 39.0 Å². The molecule has 0 aromatic rings. The molecule has 136 valence electrons. The lowest BCUT2D eigenvalue weighted by Gasteiger charge is -2.44. The number of fused-ring (bicyclic) bond motifs is 1. The fourth-order valence-electron chi connectivity index (χ4n) is 3.09. The lowest BCUT2D eigenvalue weighted by Crippen LogP contribution is -2.62. The highest BCUT2D eigenvalue weighted by Crippen LogP contribution is 2.55. The van der Waals surface area contributed by atoms with E-state index in [4.69, 9.17) is 4.74 Å². The van der Waals surface area contributed by atoms with Crippen LogP contribution in [0.4, 0.5) is 0 Å². The molecular weight excluding hydrogens is 346 g/mol. The molecule has 2 saturated heterocycles. The van der Waals surface area contributed by atoms with Crippen molar-refractivity contribution in [2.45, 2.75) is 70.5 Å². The minimum atomic E-state index is -0.585. The van der Waals surface area contributed by atoms with Crippen molar-refractivity contribution in [2.24, 2.45) is 11.3 Å². The van der Waals surface area contributed by atoms with E-state index >= 15 is 0 Å². The van der Waals surface area contributed by atoms with Crippen LogP contribution in [0.5, 0.6) is 0 Å². The van der Waals surface area contributed by atoms with Gasteiger partial charge in [0.15, 0.2) is 0 Å². The van der Waals surface area contributed by atoms with Crippen LogP contribution in [0.25, 0.3) is 0 Å². The van der Waals surface area contributed by atoms with Crippen LogP contribution in [0.2, 0.25) is 0 Å². The van der Waals surface area contributed by atoms with E-state index in [1.54, 1.807) is 37.4 Å². The number of amides is 1. The van der Waals surface area contributed by atoms with Crippen LogP contribution in [0.3, 0.4) is 0 Å². The first-order valence-electron chi connectivity index (χ1n) is 8.34. The molecule has 0 aliphatic carbocycles. The fraction of sp³-hybridized carbons (Fsp3) is 0.824. The maximum Gasteiger partial charge on any atom is 0.312 e. The summed E-state index contributed by atoms with van der Waals surface area (Å²) in [5.41, 5.74) is -0.585. The number of ether oxygens (including phenoxy) is 1. The summed E-state index contributed by atoms with van der Waals surface area (Å²) in [6.45, 7) is 11.4. The van der Waals surface area contributed by atoms with Gasteiger partial charge in [-0.2, -0.15) is 0 Å². The zero-order valence-electron chi connectivity index (χ0n) is 15.3. The molecule has 0 unspecified atom stereocenters. The summed E-state index contributed by atoms with van der Waals surface area (Å²) >= 11 is 2.70. The van der Waals surface area contributed by atoms with Crippen LogP contribution in [0.15, 0.2) is 0 Å². The smallest absolute Gasteiger partial charge is 0.312 e. The van der Waals surface area contributed by atoms with Crippen molar-refractivity contribution in [1.29, 1.82) is 0 Å². The Morgan fingerprint density at radius 3 is 2.50 bits per heavy atom. The molecule has 0 spiro atoms. The number of rotatable bonds is 5. The zero-order chi connectivity index (χ0) is 18.3. The van der Waals surface area contributed by atoms with Crippen LogP contribution in [-0.2, 0) is 19.1 Å². The number of hydrogen-bond acceptors (Lipinski definition) is 6. The van der Waals surface area contributed by atoms with E-state index in [0.717, 1.165) is 24.6 Å². The van der Waals surface area contributed by atoms with E-state index in [1.165, 1.54) is 0 Å². The molecule has 24 heavy (non-hydrogen) atoms. The lowest BCUT2D eigenvalue weighted by atomic mass is 9.89. The van der Waals surface area contributed by atoms with E-state index in [0.29, 0.717) is 0 Å². The Morgan fingerprint density at radius 2 is 1.96 bits per heavy atom. The van der Waals surface area contributed by atoms with Crippen molar-refractivity contribution < 1.29 is 19.1 Å². The fourth-order valence-corrected chi connectivity index (χ4v) is 5.74. The Hall–Kier alpha value is -0.690. The third-order valence-corrected chi connectivity index (χ3v) is 6.75. The third kappa shape index (κ3) is 3.62. The summed E-state index contributed by atoms with van der Waals surface area (Å²) in [5, 5.41) is 0.0131. The monoisotopic (exact) mass is 373 g/mol. The number of esters is 1. The summed E-state index contributed by atoms with van der Waals surface area (Å²) in [5.74, 6) is -0.202. The molecule has 2 heterocycles. The molecule has 0 radical (unpaired) electrons. The zero-order valence-corrected chi connectivity index (χ0v) is 16.9. The van der Waals surface area contributed by atoms with Gasteiger partial charge in [0.2, 0.25) is 11.0 Å². The second kappa shape index (κ2) is 6.90. The Kier molecular flexibility index (Phi) is 5.65. The predicted octanol–water partition coefficient (Wildman–Crippen LogP) is 3.27. The van der Waals surface area contributed by atoms with Gasteiger partial charge in [0.25, 0.3) is 0 Å². The molecule has 0 saturated carbocycles. The number of carbonyl (C=O) groups excluding carboxylic acids is 3. The van der Waals surface area contributed by atoms with Gasteiger partial charge in [-0.1, -0.05) is 13.3 Å². The first-order valence-corrected chi connectivity index (χ1v) is 10.2. The number of β-lactam (4-membered cyclic amide) rings is 1. The van der Waals surface area contributed by atoms with E-state index < -0.39 is 11.5 Å². The lowest BCUT2D eigenvalue weighted by molar-refractivity contribution is -0.156. The van der Waals surface area contributed by atoms with Gasteiger partial charge in [0, 0.05) is 4.75 Å². The second-order valence-corrected chi connectivity index (χ2v) is 10.6. The molecule has 2 aliphatic rings. The Balaban J connectivity index is 1.97. The molecule has 0 aromatic heterocycles. The van der Waals surface area contributed by atoms with Crippen molar-refractivity contribution in [3.8, 4) is 0 Å². The van der Waals surface area contributed by atoms with Gasteiger partial charge in [-0.15, -0.1) is 11.8 Å². The third-order valence-electron chi connectivity index (χ3n) is 4.38. The number of carbonyl (C=O) groups is 3. The predicted molar refractivity (Wildman–Crippen MR) is 97.5 cm³/mol. The van der Waals surface area contributed by atoms with Crippen LogP contribution in [0, 0.1) is 11.3 Å². The molecule has 0 N–H and O–H groups in total. The molecule has 1 amide bonds. The van der Waals surface area contributed by atoms with Crippen molar-refractivity contribution in [3.63, 3.8) is 0 Å². The average Bonchev–Trinajstić information content (AvgIpc) is 2.71. The molecule has 0 bridgehead atoms. The normalized spacial score (nSPS) is 28.3. The topological polar surface area (TPSA) is 63.7 Å². The SMILES string of the molecule is CCC[C@@H]1C(=O)N2[C@@H]1SC(C)(C)[C@@H]2C(=O)SCOC(=O)C(C)(C)C. The summed E-state index contributed by atoms with van der Waals surface area (Å²) in [4.78, 5) is 38.6. The van der Waals surface area contributed by atoms with Crippen LogP contribution < -0.4 is 0 Å². The highest BCUT2D eigenvalue weighted by Gasteiger charge is 2.62. The molecule has 2 aliphatic heterocycles. The van der Waals surface area contributed by atoms with Gasteiger partial charge in [-0.3, -0.25) is 14.4 Å². The van der Waals surface area contributed by atoms with Crippen molar-refractivity contribution in [2.75, 3.05) is 5.94 Å². The molecule has 2 fully saturated rings. The molecule has 3 atom stereocenters. The maximum absolute atomic E-state index is 12.7. The quantitative estimate of drug-likeness (QED) is 0.419. The number of hydrogen-bond donors (Lipinski definition) is 0. The Labute approximate surface area is 152 Å². The number of nitrogens with zero attached hydrogens (tertiary/aromatic N) is 1. The van der Waals surface area contributed by atoms with Crippen LogP contribution >= 0.6 is 23.5 Å². The first kappa shape index (κ1) is 19.6. The average molecular weight is 374 g/mol. The van der Waals surface area contributed by atoms with Gasteiger partial charge in [-0.05, 0) is 52.8 Å². The molecular formula is C17H27NO4S2. The van der Waals surface area contributed by atoms with Gasteiger partial charge in [-0.25, -0.2) is 0 Å². The van der Waals surface area contributed by atoms with Crippen LogP contribution in [-0.4, -0.2) is 44.0 Å². The number of thioether (sulfide) groups is 2. The van der Waals surface area contributed by atoms with E-state index in [9.17, 15) is 14.4 Å². The van der Waals surface area contributed by atoms with Crippen molar-refractivity contribution in [3.05, 3.63) is 0 Å². The van der Waals surface area contributed by atoms with Crippen LogP contribution in [0.1, 0.15) is 54.4 Å². The molecule has 0 aromatic carbocycles. The van der Waals surface area contributed by atoms with Gasteiger partial charge >= 0.3 is 5.97 Å². The largest absolute Gasteiger partial charge is 0.454 e. The van der Waals surface area contributed by atoms with E-state index in [1.807, 2.05) is 13.8 Å². The minimum Gasteiger partial charge on any atom is -0.454 e. The molecule has 7 heteroatoms. The Bertz CT molecular complexity index is 541. The second-order valence-electron chi connectivity index (χ2n) is 7.92. The summed E-state index contributed by atoms with van der Waals surface area (Å²) in [6.07, 6.45) is 1.85. The maximum atomic E-state index is 12.7. The highest BCUT2D eigenvalue weighted by molar-refractivity contribution is 8.13. The summed E-state index contributed by atoms with van der Waals surface area (Å²) in [6, 6.07) is -0.452. The van der Waals surface area contributed by atoms with Crippen molar-refractivity contribution >= 4 is 40.5 Å². The Morgan fingerprint density at radius 1 is 1.33 bits per heavy atom. The van der Waals surface area contributed by atoms with Gasteiger partial charge in [0.1, 0.15) is 12.0 Å². The molecule has 5 nitrogen and oxygen atoms in total. The van der Waals surface area contributed by atoms with Gasteiger partial charge < -0.3 is 9.64 Å². The van der Waals surface area contributed by atoms with Crippen molar-refractivity contribution in [1.82, 2.24) is 4.90 Å². The minimum absolute atomic E-state index is 0.00271. The van der Waals surface area contributed by atoms with E-state index in [2.05, 4.69) is 6.92 Å². The highest BCUT2D eigenvalue weighted by atomic mass is 32.2. The first-order chi connectivity index (χ1) is 11.0.